The molecule has 8 nitrogen and oxygen atoms in total. The van der Waals surface area contributed by atoms with Crippen LogP contribution in [0.1, 0.15) is 43.6 Å². The van der Waals surface area contributed by atoms with Crippen LogP contribution in [0.25, 0.3) is 33.2 Å². The molecule has 2 aliphatic rings. The van der Waals surface area contributed by atoms with E-state index < -0.39 is 0 Å². The Morgan fingerprint density at radius 1 is 0.816 bits per heavy atom. The van der Waals surface area contributed by atoms with Crippen LogP contribution in [-0.2, 0) is 0 Å². The summed E-state index contributed by atoms with van der Waals surface area (Å²) in [6, 6.07) is 16.4. The van der Waals surface area contributed by atoms with Crippen molar-refractivity contribution in [3.63, 3.8) is 0 Å². The number of piperidine rings is 1. The number of fused-ring (bicyclic) bond motifs is 2. The molecule has 1 saturated heterocycles. The lowest BCUT2D eigenvalue weighted by atomic mass is 9.79. The molecule has 1 saturated carbocycles. The molecule has 1 aliphatic carbocycles. The lowest BCUT2D eigenvalue weighted by Crippen LogP contribution is -2.35. The van der Waals surface area contributed by atoms with Gasteiger partial charge in [0.2, 0.25) is 0 Å². The SMILES string of the molecule is c1ccc2nc(Nc3cc(-c4nc(NC5CCNCC5)c5c(C6CCC6)cncc5n4)ccn3)ccc2c1. The van der Waals surface area contributed by atoms with Crippen LogP contribution >= 0.6 is 0 Å². The van der Waals surface area contributed by atoms with Gasteiger partial charge in [-0.25, -0.2) is 19.9 Å². The fourth-order valence-electron chi connectivity index (χ4n) is 5.44. The summed E-state index contributed by atoms with van der Waals surface area (Å²) in [6.45, 7) is 2.04. The maximum absolute atomic E-state index is 5.11. The van der Waals surface area contributed by atoms with E-state index in [2.05, 4.69) is 38.1 Å². The molecule has 3 N–H and O–H groups in total. The zero-order valence-corrected chi connectivity index (χ0v) is 21.2. The molecule has 190 valence electrons. The number of anilines is 3. The fraction of sp³-hybridized carbons (Fsp3) is 0.300. The van der Waals surface area contributed by atoms with Crippen LogP contribution in [0.4, 0.5) is 17.5 Å². The number of para-hydroxylation sites is 1. The van der Waals surface area contributed by atoms with Gasteiger partial charge in [-0.05, 0) is 80.6 Å². The lowest BCUT2D eigenvalue weighted by molar-refractivity contribution is 0.421. The topological polar surface area (TPSA) is 101 Å². The van der Waals surface area contributed by atoms with Crippen molar-refractivity contribution in [2.24, 2.45) is 0 Å². The zero-order chi connectivity index (χ0) is 25.3. The summed E-state index contributed by atoms with van der Waals surface area (Å²) >= 11 is 0. The van der Waals surface area contributed by atoms with Gasteiger partial charge in [0.25, 0.3) is 0 Å². The van der Waals surface area contributed by atoms with Crippen molar-refractivity contribution in [3.05, 3.63) is 72.7 Å². The first-order valence-corrected chi connectivity index (χ1v) is 13.5. The van der Waals surface area contributed by atoms with Crippen LogP contribution in [0.2, 0.25) is 0 Å². The van der Waals surface area contributed by atoms with Crippen molar-refractivity contribution in [2.75, 3.05) is 23.7 Å². The highest BCUT2D eigenvalue weighted by Gasteiger charge is 2.25. The summed E-state index contributed by atoms with van der Waals surface area (Å²) in [5.74, 6) is 3.57. The van der Waals surface area contributed by atoms with E-state index in [0.29, 0.717) is 23.6 Å². The normalized spacial score (nSPS) is 16.4. The Bertz CT molecular complexity index is 1610. The Kier molecular flexibility index (Phi) is 6.02. The molecular formula is C30H30N8. The van der Waals surface area contributed by atoms with Crippen molar-refractivity contribution in [1.29, 1.82) is 0 Å². The molecule has 7 rings (SSSR count). The van der Waals surface area contributed by atoms with E-state index in [4.69, 9.17) is 15.0 Å². The Hall–Kier alpha value is -4.17. The number of hydrogen-bond donors (Lipinski definition) is 3. The highest BCUT2D eigenvalue weighted by molar-refractivity contribution is 5.93. The number of benzene rings is 1. The molecule has 38 heavy (non-hydrogen) atoms. The number of pyridine rings is 3. The Labute approximate surface area is 221 Å². The molecule has 0 amide bonds. The first-order valence-electron chi connectivity index (χ1n) is 13.5. The van der Waals surface area contributed by atoms with E-state index in [9.17, 15) is 0 Å². The first kappa shape index (κ1) is 23.0. The van der Waals surface area contributed by atoms with Crippen molar-refractivity contribution in [1.82, 2.24) is 30.2 Å². The molecule has 5 aromatic rings. The van der Waals surface area contributed by atoms with E-state index in [1.165, 1.54) is 24.8 Å². The third-order valence-electron chi connectivity index (χ3n) is 7.73. The van der Waals surface area contributed by atoms with E-state index in [0.717, 1.165) is 64.9 Å². The summed E-state index contributed by atoms with van der Waals surface area (Å²) in [6.07, 6.45) is 11.5. The van der Waals surface area contributed by atoms with Gasteiger partial charge in [0, 0.05) is 34.8 Å². The second kappa shape index (κ2) is 9.95. The summed E-state index contributed by atoms with van der Waals surface area (Å²) in [7, 11) is 0. The van der Waals surface area contributed by atoms with E-state index in [1.54, 1.807) is 6.20 Å². The molecule has 5 heterocycles. The lowest BCUT2D eigenvalue weighted by Gasteiger charge is -2.29. The molecule has 1 aliphatic heterocycles. The molecule has 0 spiro atoms. The Morgan fingerprint density at radius 3 is 2.58 bits per heavy atom. The highest BCUT2D eigenvalue weighted by Crippen LogP contribution is 2.41. The monoisotopic (exact) mass is 502 g/mol. The molecule has 0 unspecified atom stereocenters. The molecule has 8 heteroatoms. The molecule has 0 bridgehead atoms. The van der Waals surface area contributed by atoms with Crippen molar-refractivity contribution < 1.29 is 0 Å². The van der Waals surface area contributed by atoms with E-state index >= 15 is 0 Å². The minimum atomic E-state index is 0.387. The number of hydrogen-bond acceptors (Lipinski definition) is 8. The fourth-order valence-corrected chi connectivity index (χ4v) is 5.44. The minimum absolute atomic E-state index is 0.387. The molecular weight excluding hydrogens is 472 g/mol. The molecule has 4 aromatic heterocycles. The van der Waals surface area contributed by atoms with Gasteiger partial charge in [0.15, 0.2) is 5.82 Å². The van der Waals surface area contributed by atoms with Crippen LogP contribution in [0.5, 0.6) is 0 Å². The van der Waals surface area contributed by atoms with E-state index in [-0.39, 0.29) is 0 Å². The summed E-state index contributed by atoms with van der Waals surface area (Å²) in [5, 5.41) is 12.8. The van der Waals surface area contributed by atoms with Crippen LogP contribution in [0, 0.1) is 0 Å². The standard InChI is InChI=1S/C30H30N8/c1-2-7-24-20(4-1)8-9-26(35-24)37-27-16-21(10-15-33-27)29-36-25-18-32-17-23(19-5-3-6-19)28(25)30(38-29)34-22-11-13-31-14-12-22/h1-2,4,7-10,15-19,22,31H,3,5-6,11-14H2,(H,33,35,37)(H,34,36,38). The average molecular weight is 503 g/mol. The van der Waals surface area contributed by atoms with Crippen molar-refractivity contribution in [3.8, 4) is 11.4 Å². The molecule has 2 fully saturated rings. The number of nitrogens with zero attached hydrogens (tertiary/aromatic N) is 5. The van der Waals surface area contributed by atoms with Gasteiger partial charge in [-0.3, -0.25) is 4.98 Å². The average Bonchev–Trinajstić information content (AvgIpc) is 2.93. The highest BCUT2D eigenvalue weighted by atomic mass is 15.1. The largest absolute Gasteiger partial charge is 0.367 e. The predicted octanol–water partition coefficient (Wildman–Crippen LogP) is 5.81. The number of nitrogens with one attached hydrogen (secondary N) is 3. The van der Waals surface area contributed by atoms with Gasteiger partial charge in [-0.2, -0.15) is 0 Å². The van der Waals surface area contributed by atoms with Gasteiger partial charge < -0.3 is 16.0 Å². The first-order chi connectivity index (χ1) is 18.8. The summed E-state index contributed by atoms with van der Waals surface area (Å²) < 4.78 is 0. The van der Waals surface area contributed by atoms with Gasteiger partial charge in [0.05, 0.1) is 17.2 Å². The van der Waals surface area contributed by atoms with Gasteiger partial charge >= 0.3 is 0 Å². The van der Waals surface area contributed by atoms with Crippen LogP contribution < -0.4 is 16.0 Å². The molecule has 0 radical (unpaired) electrons. The van der Waals surface area contributed by atoms with Gasteiger partial charge in [0.1, 0.15) is 17.5 Å². The smallest absolute Gasteiger partial charge is 0.162 e. The maximum atomic E-state index is 5.11. The van der Waals surface area contributed by atoms with Crippen molar-refractivity contribution in [2.45, 2.75) is 44.1 Å². The second-order valence-corrected chi connectivity index (χ2v) is 10.3. The Morgan fingerprint density at radius 2 is 1.71 bits per heavy atom. The summed E-state index contributed by atoms with van der Waals surface area (Å²) in [4.78, 5) is 23.9. The van der Waals surface area contributed by atoms with Gasteiger partial charge in [-0.1, -0.05) is 24.6 Å². The molecule has 1 aromatic carbocycles. The second-order valence-electron chi connectivity index (χ2n) is 10.3. The zero-order valence-electron chi connectivity index (χ0n) is 21.2. The van der Waals surface area contributed by atoms with Crippen LogP contribution in [0.3, 0.4) is 0 Å². The van der Waals surface area contributed by atoms with Crippen LogP contribution in [0.15, 0.2) is 67.1 Å². The van der Waals surface area contributed by atoms with Crippen molar-refractivity contribution >= 4 is 39.3 Å². The molecule has 0 atom stereocenters. The third kappa shape index (κ3) is 4.52. The Balaban J connectivity index is 1.26. The number of aromatic nitrogens is 5. The predicted molar refractivity (Wildman–Crippen MR) is 152 cm³/mol. The number of rotatable bonds is 6. The van der Waals surface area contributed by atoms with Gasteiger partial charge in [-0.15, -0.1) is 0 Å². The van der Waals surface area contributed by atoms with E-state index in [1.807, 2.05) is 48.8 Å². The third-order valence-corrected chi connectivity index (χ3v) is 7.73. The quantitative estimate of drug-likeness (QED) is 0.267. The maximum Gasteiger partial charge on any atom is 0.162 e. The minimum Gasteiger partial charge on any atom is -0.367 e. The van der Waals surface area contributed by atoms with Crippen LogP contribution in [-0.4, -0.2) is 44.1 Å². The summed E-state index contributed by atoms with van der Waals surface area (Å²) in [5.41, 5.74) is 4.00.